The van der Waals surface area contributed by atoms with Crippen LogP contribution < -0.4 is 10.6 Å². The lowest BCUT2D eigenvalue weighted by molar-refractivity contribution is -0.125. The number of likely N-dealkylation sites (N-methyl/N-ethyl adjacent to an activating group) is 2. The van der Waals surface area contributed by atoms with Crippen molar-refractivity contribution in [1.29, 1.82) is 0 Å². The highest BCUT2D eigenvalue weighted by atomic mass is 16.2. The molecule has 172 valence electrons. The van der Waals surface area contributed by atoms with Crippen LogP contribution in [0, 0.1) is 0 Å². The Morgan fingerprint density at radius 1 is 0.788 bits per heavy atom. The summed E-state index contributed by atoms with van der Waals surface area (Å²) in [4.78, 5) is 29.5. The van der Waals surface area contributed by atoms with Gasteiger partial charge in [-0.2, -0.15) is 0 Å². The second-order valence-electron chi connectivity index (χ2n) is 8.28. The highest BCUT2D eigenvalue weighted by Crippen LogP contribution is 2.21. The number of nitrogens with zero attached hydrogens (tertiary/aromatic N) is 2. The fourth-order valence-electron chi connectivity index (χ4n) is 3.49. The highest BCUT2D eigenvalue weighted by molar-refractivity contribution is 5.94. The van der Waals surface area contributed by atoms with E-state index in [1.54, 1.807) is 7.05 Å². The summed E-state index contributed by atoms with van der Waals surface area (Å²) in [5.41, 5.74) is 3.86. The third-order valence-electron chi connectivity index (χ3n) is 5.46. The van der Waals surface area contributed by atoms with Crippen LogP contribution in [0.1, 0.15) is 5.56 Å². The molecule has 3 aromatic carbocycles. The summed E-state index contributed by atoms with van der Waals surface area (Å²) in [5, 5.41) is 5.87. The van der Waals surface area contributed by atoms with Gasteiger partial charge in [0.05, 0.1) is 0 Å². The first kappa shape index (κ1) is 24.0. The van der Waals surface area contributed by atoms with Gasteiger partial charge in [0.2, 0.25) is 5.91 Å². The Kier molecular flexibility index (Phi) is 8.61. The van der Waals surface area contributed by atoms with Crippen molar-refractivity contribution in [3.63, 3.8) is 0 Å². The van der Waals surface area contributed by atoms with E-state index in [0.717, 1.165) is 23.2 Å². The molecular formula is C27H32N4O2. The van der Waals surface area contributed by atoms with Gasteiger partial charge in [-0.25, -0.2) is 4.79 Å². The van der Waals surface area contributed by atoms with E-state index in [2.05, 4.69) is 10.6 Å². The highest BCUT2D eigenvalue weighted by Gasteiger charge is 2.27. The molecule has 0 heterocycles. The van der Waals surface area contributed by atoms with E-state index in [4.69, 9.17) is 0 Å². The lowest BCUT2D eigenvalue weighted by Crippen LogP contribution is -2.51. The van der Waals surface area contributed by atoms with Gasteiger partial charge in [0, 0.05) is 32.2 Å². The third kappa shape index (κ3) is 7.19. The minimum absolute atomic E-state index is 0.169. The van der Waals surface area contributed by atoms with Crippen molar-refractivity contribution in [3.8, 4) is 11.1 Å². The predicted octanol–water partition coefficient (Wildman–Crippen LogP) is 4.11. The Labute approximate surface area is 196 Å². The van der Waals surface area contributed by atoms with E-state index >= 15 is 0 Å². The van der Waals surface area contributed by atoms with Gasteiger partial charge in [0.1, 0.15) is 6.04 Å². The molecule has 0 saturated carbocycles. The van der Waals surface area contributed by atoms with Crippen LogP contribution in [0.25, 0.3) is 11.1 Å². The second kappa shape index (κ2) is 11.8. The lowest BCUT2D eigenvalue weighted by Gasteiger charge is -2.28. The number of urea groups is 1. The van der Waals surface area contributed by atoms with Crippen molar-refractivity contribution < 1.29 is 9.59 Å². The maximum atomic E-state index is 13.0. The van der Waals surface area contributed by atoms with Crippen molar-refractivity contribution in [2.24, 2.45) is 0 Å². The van der Waals surface area contributed by atoms with Crippen molar-refractivity contribution in [1.82, 2.24) is 15.1 Å². The van der Waals surface area contributed by atoms with Crippen LogP contribution in [0.15, 0.2) is 84.9 Å². The minimum atomic E-state index is -0.627. The van der Waals surface area contributed by atoms with Gasteiger partial charge >= 0.3 is 6.03 Å². The van der Waals surface area contributed by atoms with Gasteiger partial charge in [-0.15, -0.1) is 0 Å². The molecule has 3 amide bonds. The molecule has 0 fully saturated rings. The zero-order valence-corrected chi connectivity index (χ0v) is 19.5. The van der Waals surface area contributed by atoms with Crippen LogP contribution in [0.5, 0.6) is 0 Å². The molecule has 0 spiro atoms. The average molecular weight is 445 g/mol. The van der Waals surface area contributed by atoms with Crippen LogP contribution >= 0.6 is 0 Å². The summed E-state index contributed by atoms with van der Waals surface area (Å²) >= 11 is 0. The first-order chi connectivity index (χ1) is 15.9. The number of carbonyl (C=O) groups is 2. The molecule has 0 aliphatic carbocycles. The molecule has 0 aliphatic heterocycles. The number of anilines is 1. The van der Waals surface area contributed by atoms with Gasteiger partial charge < -0.3 is 20.4 Å². The molecule has 1 atom stereocenters. The van der Waals surface area contributed by atoms with Gasteiger partial charge in [-0.1, -0.05) is 72.8 Å². The molecule has 3 rings (SSSR count). The summed E-state index contributed by atoms with van der Waals surface area (Å²) in [6.07, 6.45) is 0.436. The molecule has 3 aromatic rings. The number of benzene rings is 3. The van der Waals surface area contributed by atoms with E-state index in [0.29, 0.717) is 18.7 Å². The van der Waals surface area contributed by atoms with Crippen LogP contribution in [-0.2, 0) is 11.2 Å². The van der Waals surface area contributed by atoms with Crippen molar-refractivity contribution in [3.05, 3.63) is 90.5 Å². The number of carbonyl (C=O) groups excluding carboxylic acids is 2. The molecule has 0 aromatic heterocycles. The Morgan fingerprint density at radius 3 is 1.97 bits per heavy atom. The molecule has 0 bridgehead atoms. The fraction of sp³-hybridized carbons (Fsp3) is 0.259. The molecule has 0 radical (unpaired) electrons. The Bertz CT molecular complexity index is 1020. The van der Waals surface area contributed by atoms with E-state index in [1.807, 2.05) is 104 Å². The number of hydrogen-bond acceptors (Lipinski definition) is 3. The maximum absolute atomic E-state index is 13.0. The number of nitrogens with one attached hydrogen (secondary N) is 2. The Morgan fingerprint density at radius 2 is 1.36 bits per heavy atom. The molecule has 0 saturated heterocycles. The van der Waals surface area contributed by atoms with Crippen LogP contribution in [-0.4, -0.2) is 62.0 Å². The quantitative estimate of drug-likeness (QED) is 0.522. The average Bonchev–Trinajstić information content (AvgIpc) is 2.83. The van der Waals surface area contributed by atoms with Gasteiger partial charge in [0.25, 0.3) is 0 Å². The topological polar surface area (TPSA) is 64.7 Å². The van der Waals surface area contributed by atoms with E-state index in [1.165, 1.54) is 4.90 Å². The fourth-order valence-corrected chi connectivity index (χ4v) is 3.49. The van der Waals surface area contributed by atoms with Crippen molar-refractivity contribution in [2.45, 2.75) is 12.5 Å². The monoisotopic (exact) mass is 444 g/mol. The number of rotatable bonds is 9. The van der Waals surface area contributed by atoms with Crippen molar-refractivity contribution in [2.75, 3.05) is 39.5 Å². The van der Waals surface area contributed by atoms with E-state index in [9.17, 15) is 9.59 Å². The van der Waals surface area contributed by atoms with E-state index < -0.39 is 6.04 Å². The first-order valence-corrected chi connectivity index (χ1v) is 11.1. The maximum Gasteiger partial charge on any atom is 0.322 e. The SMILES string of the molecule is CN(C)CCNC(=O)C(Cc1ccccc1)N(C)C(=O)Nc1ccc(-c2ccccc2)cc1. The molecule has 6 heteroatoms. The second-order valence-corrected chi connectivity index (χ2v) is 8.28. The normalized spacial score (nSPS) is 11.6. The largest absolute Gasteiger partial charge is 0.353 e. The van der Waals surface area contributed by atoms with Crippen LogP contribution in [0.3, 0.4) is 0 Å². The first-order valence-electron chi connectivity index (χ1n) is 11.1. The number of amides is 3. The summed E-state index contributed by atoms with van der Waals surface area (Å²) in [5.74, 6) is -0.169. The van der Waals surface area contributed by atoms with E-state index in [-0.39, 0.29) is 11.9 Å². The summed E-state index contributed by atoms with van der Waals surface area (Å²) in [6.45, 7) is 1.25. The van der Waals surface area contributed by atoms with Gasteiger partial charge in [-0.05, 0) is 42.9 Å². The van der Waals surface area contributed by atoms with Crippen molar-refractivity contribution >= 4 is 17.6 Å². The van der Waals surface area contributed by atoms with Gasteiger partial charge in [-0.3, -0.25) is 4.79 Å². The summed E-state index contributed by atoms with van der Waals surface area (Å²) < 4.78 is 0. The number of hydrogen-bond donors (Lipinski definition) is 2. The summed E-state index contributed by atoms with van der Waals surface area (Å²) in [7, 11) is 5.57. The molecule has 6 nitrogen and oxygen atoms in total. The molecule has 0 aliphatic rings. The summed E-state index contributed by atoms with van der Waals surface area (Å²) in [6, 6.07) is 26.5. The van der Waals surface area contributed by atoms with Crippen LogP contribution in [0.4, 0.5) is 10.5 Å². The lowest BCUT2D eigenvalue weighted by atomic mass is 10.0. The van der Waals surface area contributed by atoms with Crippen LogP contribution in [0.2, 0.25) is 0 Å². The zero-order chi connectivity index (χ0) is 23.6. The molecule has 2 N–H and O–H groups in total. The van der Waals surface area contributed by atoms with Gasteiger partial charge in [0.15, 0.2) is 0 Å². The Balaban J connectivity index is 1.69. The predicted molar refractivity (Wildman–Crippen MR) is 134 cm³/mol. The minimum Gasteiger partial charge on any atom is -0.353 e. The molecule has 33 heavy (non-hydrogen) atoms. The molecular weight excluding hydrogens is 412 g/mol. The standard InChI is InChI=1S/C27H32N4O2/c1-30(2)19-18-28-26(32)25(20-21-10-6-4-7-11-21)31(3)27(33)29-24-16-14-23(15-17-24)22-12-8-5-9-13-22/h4-17,25H,18-20H2,1-3H3,(H,28,32)(H,29,33). The Hall–Kier alpha value is -3.64. The zero-order valence-electron chi connectivity index (χ0n) is 19.5. The smallest absolute Gasteiger partial charge is 0.322 e. The molecule has 1 unspecified atom stereocenters. The third-order valence-corrected chi connectivity index (χ3v) is 5.46.